The van der Waals surface area contributed by atoms with Crippen molar-refractivity contribution in [3.63, 3.8) is 0 Å². The van der Waals surface area contributed by atoms with Crippen molar-refractivity contribution in [2.75, 3.05) is 0 Å². The van der Waals surface area contributed by atoms with Crippen LogP contribution in [0.4, 0.5) is 0 Å². The predicted molar refractivity (Wildman–Crippen MR) is 112 cm³/mol. The highest BCUT2D eigenvalue weighted by atomic mass is 15.5. The Hall–Kier alpha value is -3.35. The zero-order chi connectivity index (χ0) is 20.4. The Kier molecular flexibility index (Phi) is 4.96. The molecule has 0 fully saturated rings. The van der Waals surface area contributed by atoms with Gasteiger partial charge in [-0.15, -0.1) is 5.10 Å². The lowest BCUT2D eigenvalue weighted by molar-refractivity contribution is 0.490. The normalized spacial score (nSPS) is 11.7. The molecule has 0 aliphatic heterocycles. The minimum Gasteiger partial charge on any atom is -0.245 e. The fourth-order valence-corrected chi connectivity index (χ4v) is 3.38. The number of H-pyrrole nitrogens is 1. The van der Waals surface area contributed by atoms with E-state index in [0.29, 0.717) is 12.4 Å². The molecule has 2 aromatic heterocycles. The summed E-state index contributed by atoms with van der Waals surface area (Å²) >= 11 is 0. The van der Waals surface area contributed by atoms with Crippen LogP contribution in [0.1, 0.15) is 44.9 Å². The number of hydrogen-bond acceptors (Lipinski definition) is 5. The van der Waals surface area contributed by atoms with Crippen molar-refractivity contribution in [3.8, 4) is 22.5 Å². The molecule has 0 bridgehead atoms. The molecule has 148 valence electrons. The Labute approximate surface area is 170 Å². The van der Waals surface area contributed by atoms with E-state index in [2.05, 4.69) is 78.7 Å². The third-order valence-corrected chi connectivity index (χ3v) is 4.83. The second-order valence-corrected chi connectivity index (χ2v) is 8.11. The van der Waals surface area contributed by atoms with Crippen molar-refractivity contribution < 1.29 is 0 Å². The summed E-state index contributed by atoms with van der Waals surface area (Å²) in [5, 5.41) is 19.0. The number of benzene rings is 2. The first-order valence-corrected chi connectivity index (χ1v) is 9.82. The minimum atomic E-state index is -0.0512. The third kappa shape index (κ3) is 3.94. The summed E-state index contributed by atoms with van der Waals surface area (Å²) in [6.07, 6.45) is 0.836. The Balaban J connectivity index is 1.63. The van der Waals surface area contributed by atoms with Gasteiger partial charge in [0.25, 0.3) is 0 Å². The standard InChI is InChI=1S/C22H25N7/c1-5-19-23-21(22(2,3)4)29(26-19)14-15-10-12-16(13-11-15)17-8-6-7-9-18(17)20-24-27-28-25-20/h6-13H,5,14H2,1-4H3,(H,24,25,27,28). The Morgan fingerprint density at radius 1 is 0.966 bits per heavy atom. The number of nitrogens with zero attached hydrogens (tertiary/aromatic N) is 6. The molecule has 0 spiro atoms. The SMILES string of the molecule is CCc1nc(C(C)(C)C)n(Cc2ccc(-c3ccccc3-c3nnn[nH]3)cc2)n1. The molecule has 29 heavy (non-hydrogen) atoms. The summed E-state index contributed by atoms with van der Waals surface area (Å²) in [6.45, 7) is 9.30. The molecule has 2 aromatic carbocycles. The molecule has 2 heterocycles. The second kappa shape index (κ2) is 7.58. The van der Waals surface area contributed by atoms with E-state index in [4.69, 9.17) is 10.1 Å². The number of hydrogen-bond donors (Lipinski definition) is 1. The van der Waals surface area contributed by atoms with Crippen molar-refractivity contribution in [1.82, 2.24) is 35.4 Å². The van der Waals surface area contributed by atoms with Crippen LogP contribution >= 0.6 is 0 Å². The molecule has 0 amide bonds. The average Bonchev–Trinajstić information content (AvgIpc) is 3.38. The lowest BCUT2D eigenvalue weighted by Gasteiger charge is -2.18. The highest BCUT2D eigenvalue weighted by molar-refractivity contribution is 5.80. The van der Waals surface area contributed by atoms with Gasteiger partial charge in [-0.3, -0.25) is 0 Å². The monoisotopic (exact) mass is 387 g/mol. The first-order chi connectivity index (χ1) is 14.0. The molecular formula is C22H25N7. The zero-order valence-electron chi connectivity index (χ0n) is 17.2. The van der Waals surface area contributed by atoms with Crippen LogP contribution in [0.25, 0.3) is 22.5 Å². The third-order valence-electron chi connectivity index (χ3n) is 4.83. The van der Waals surface area contributed by atoms with Crippen molar-refractivity contribution in [2.24, 2.45) is 0 Å². The minimum absolute atomic E-state index is 0.0512. The molecule has 0 atom stereocenters. The van der Waals surface area contributed by atoms with E-state index in [0.717, 1.165) is 34.8 Å². The number of tetrazole rings is 1. The molecule has 0 unspecified atom stereocenters. The average molecular weight is 387 g/mol. The maximum atomic E-state index is 4.73. The van der Waals surface area contributed by atoms with Gasteiger partial charge in [0.2, 0.25) is 0 Å². The molecule has 0 saturated carbocycles. The highest BCUT2D eigenvalue weighted by Gasteiger charge is 2.22. The summed E-state index contributed by atoms with van der Waals surface area (Å²) in [4.78, 5) is 4.73. The van der Waals surface area contributed by atoms with Gasteiger partial charge in [-0.05, 0) is 27.1 Å². The lowest BCUT2D eigenvalue weighted by Crippen LogP contribution is -2.20. The molecule has 7 nitrogen and oxygen atoms in total. The summed E-state index contributed by atoms with van der Waals surface area (Å²) in [5.41, 5.74) is 4.31. The van der Waals surface area contributed by atoms with Gasteiger partial charge in [-0.2, -0.15) is 5.10 Å². The van der Waals surface area contributed by atoms with Gasteiger partial charge < -0.3 is 0 Å². The van der Waals surface area contributed by atoms with E-state index in [1.54, 1.807) is 0 Å². The molecule has 4 rings (SSSR count). The van der Waals surface area contributed by atoms with Crippen LogP contribution in [0.2, 0.25) is 0 Å². The summed E-state index contributed by atoms with van der Waals surface area (Å²) in [7, 11) is 0. The zero-order valence-corrected chi connectivity index (χ0v) is 17.2. The van der Waals surface area contributed by atoms with Crippen LogP contribution in [-0.4, -0.2) is 35.4 Å². The van der Waals surface area contributed by atoms with Crippen LogP contribution < -0.4 is 0 Å². The lowest BCUT2D eigenvalue weighted by atomic mass is 9.95. The number of aryl methyl sites for hydroxylation is 1. The quantitative estimate of drug-likeness (QED) is 0.559. The van der Waals surface area contributed by atoms with E-state index >= 15 is 0 Å². The van der Waals surface area contributed by atoms with Crippen molar-refractivity contribution in [3.05, 3.63) is 65.7 Å². The largest absolute Gasteiger partial charge is 0.245 e. The Morgan fingerprint density at radius 2 is 1.69 bits per heavy atom. The maximum Gasteiger partial charge on any atom is 0.180 e. The van der Waals surface area contributed by atoms with Gasteiger partial charge in [0, 0.05) is 17.4 Å². The maximum absolute atomic E-state index is 4.73. The van der Waals surface area contributed by atoms with Gasteiger partial charge in [-0.25, -0.2) is 14.8 Å². The summed E-state index contributed by atoms with van der Waals surface area (Å²) in [6, 6.07) is 16.7. The number of nitrogens with one attached hydrogen (secondary N) is 1. The van der Waals surface area contributed by atoms with Crippen LogP contribution in [0.5, 0.6) is 0 Å². The number of aromatic amines is 1. The van der Waals surface area contributed by atoms with Gasteiger partial charge in [-0.1, -0.05) is 76.2 Å². The van der Waals surface area contributed by atoms with Crippen LogP contribution in [0.15, 0.2) is 48.5 Å². The fourth-order valence-electron chi connectivity index (χ4n) is 3.38. The van der Waals surface area contributed by atoms with E-state index in [9.17, 15) is 0 Å². The molecule has 4 aromatic rings. The first-order valence-electron chi connectivity index (χ1n) is 9.82. The van der Waals surface area contributed by atoms with Crippen LogP contribution in [0.3, 0.4) is 0 Å². The van der Waals surface area contributed by atoms with E-state index in [1.165, 1.54) is 5.56 Å². The van der Waals surface area contributed by atoms with Gasteiger partial charge in [0.1, 0.15) is 5.82 Å². The number of rotatable bonds is 5. The molecule has 0 saturated heterocycles. The number of aromatic nitrogens is 7. The van der Waals surface area contributed by atoms with E-state index < -0.39 is 0 Å². The van der Waals surface area contributed by atoms with E-state index in [-0.39, 0.29) is 5.41 Å². The van der Waals surface area contributed by atoms with Crippen molar-refractivity contribution >= 4 is 0 Å². The molecule has 7 heteroatoms. The predicted octanol–water partition coefficient (Wildman–Crippen LogP) is 4.03. The Bertz CT molecular complexity index is 1090. The topological polar surface area (TPSA) is 85.2 Å². The van der Waals surface area contributed by atoms with E-state index in [1.807, 2.05) is 22.9 Å². The highest BCUT2D eigenvalue weighted by Crippen LogP contribution is 2.30. The van der Waals surface area contributed by atoms with Gasteiger partial charge in [0.05, 0.1) is 6.54 Å². The van der Waals surface area contributed by atoms with Crippen molar-refractivity contribution in [1.29, 1.82) is 0 Å². The summed E-state index contributed by atoms with van der Waals surface area (Å²) in [5.74, 6) is 2.57. The molecule has 1 N–H and O–H groups in total. The Morgan fingerprint density at radius 3 is 2.31 bits per heavy atom. The fraction of sp³-hybridized carbons (Fsp3) is 0.318. The molecular weight excluding hydrogens is 362 g/mol. The second-order valence-electron chi connectivity index (χ2n) is 8.11. The van der Waals surface area contributed by atoms with Gasteiger partial charge >= 0.3 is 0 Å². The molecule has 0 aliphatic carbocycles. The van der Waals surface area contributed by atoms with Crippen molar-refractivity contribution in [2.45, 2.75) is 46.1 Å². The van der Waals surface area contributed by atoms with Crippen LogP contribution in [-0.2, 0) is 18.4 Å². The van der Waals surface area contributed by atoms with Gasteiger partial charge in [0.15, 0.2) is 11.6 Å². The molecule has 0 radical (unpaired) electrons. The smallest absolute Gasteiger partial charge is 0.180 e. The van der Waals surface area contributed by atoms with Crippen LogP contribution in [0, 0.1) is 0 Å². The molecule has 0 aliphatic rings. The summed E-state index contributed by atoms with van der Waals surface area (Å²) < 4.78 is 2.03. The first kappa shape index (κ1) is 19.0.